The van der Waals surface area contributed by atoms with Crippen LogP contribution in [0.4, 0.5) is 0 Å². The van der Waals surface area contributed by atoms with E-state index in [1.807, 2.05) is 18.2 Å². The molecule has 3 heteroatoms. The number of aromatic nitrogens is 1. The Bertz CT molecular complexity index is 301. The fourth-order valence-corrected chi connectivity index (χ4v) is 2.59. The molecule has 0 aromatic carbocycles. The fraction of sp³-hybridized carbons (Fsp3) is 0.583. The van der Waals surface area contributed by atoms with Crippen molar-refractivity contribution >= 4 is 15.9 Å². The van der Waals surface area contributed by atoms with E-state index in [0.717, 1.165) is 12.1 Å². The first-order valence-corrected chi connectivity index (χ1v) is 6.17. The van der Waals surface area contributed by atoms with Gasteiger partial charge in [-0.2, -0.15) is 0 Å². The van der Waals surface area contributed by atoms with Gasteiger partial charge in [0.05, 0.1) is 7.11 Å². The van der Waals surface area contributed by atoms with Gasteiger partial charge in [0.1, 0.15) is 0 Å². The minimum Gasteiger partial charge on any atom is -0.481 e. The molecule has 0 aliphatic rings. The molecule has 0 aliphatic heterocycles. The van der Waals surface area contributed by atoms with Crippen molar-refractivity contribution in [3.63, 3.8) is 0 Å². The number of ether oxygens (including phenoxy) is 1. The average Bonchev–Trinajstić information content (AvgIpc) is 2.16. The van der Waals surface area contributed by atoms with Gasteiger partial charge in [-0.05, 0) is 18.4 Å². The third-order valence-corrected chi connectivity index (χ3v) is 2.85. The lowest BCUT2D eigenvalue weighted by molar-refractivity contribution is 0.396. The van der Waals surface area contributed by atoms with Crippen molar-refractivity contribution in [2.45, 2.75) is 31.5 Å². The Morgan fingerprint density at radius 2 is 2.13 bits per heavy atom. The monoisotopic (exact) mass is 271 g/mol. The average molecular weight is 272 g/mol. The number of pyridine rings is 1. The lowest BCUT2D eigenvalue weighted by Crippen LogP contribution is -2.08. The van der Waals surface area contributed by atoms with Gasteiger partial charge in [0, 0.05) is 23.0 Å². The number of nitrogens with zero attached hydrogens (tertiary/aromatic N) is 1. The predicted molar refractivity (Wildman–Crippen MR) is 66.7 cm³/mol. The molecule has 2 nitrogen and oxygen atoms in total. The van der Waals surface area contributed by atoms with E-state index < -0.39 is 0 Å². The zero-order chi connectivity index (χ0) is 11.3. The molecule has 1 aromatic rings. The molecule has 1 unspecified atom stereocenters. The highest BCUT2D eigenvalue weighted by molar-refractivity contribution is 9.09. The van der Waals surface area contributed by atoms with Crippen molar-refractivity contribution in [3.05, 3.63) is 23.9 Å². The smallest absolute Gasteiger partial charge is 0.213 e. The number of alkyl halides is 1. The van der Waals surface area contributed by atoms with Crippen LogP contribution in [0.5, 0.6) is 5.88 Å². The van der Waals surface area contributed by atoms with Crippen LogP contribution in [0.1, 0.15) is 26.0 Å². The summed E-state index contributed by atoms with van der Waals surface area (Å²) in [6.45, 7) is 4.46. The minimum absolute atomic E-state index is 0.497. The SMILES string of the molecule is COc1cccc(CC(Br)CC(C)C)n1. The topological polar surface area (TPSA) is 22.1 Å². The number of rotatable bonds is 5. The van der Waals surface area contributed by atoms with Gasteiger partial charge in [-0.25, -0.2) is 4.98 Å². The van der Waals surface area contributed by atoms with Crippen LogP contribution in [0.2, 0.25) is 0 Å². The van der Waals surface area contributed by atoms with Crippen LogP contribution in [0, 0.1) is 5.92 Å². The van der Waals surface area contributed by atoms with E-state index in [4.69, 9.17) is 4.74 Å². The summed E-state index contributed by atoms with van der Waals surface area (Å²) >= 11 is 3.68. The van der Waals surface area contributed by atoms with E-state index >= 15 is 0 Å². The predicted octanol–water partition coefficient (Wildman–Crippen LogP) is 3.44. The summed E-state index contributed by atoms with van der Waals surface area (Å²) in [4.78, 5) is 4.88. The molecule has 1 heterocycles. The standard InChI is InChI=1S/C12H18BrNO/c1-9(2)7-10(13)8-11-5-4-6-12(14-11)15-3/h4-6,9-10H,7-8H2,1-3H3. The molecule has 0 bridgehead atoms. The summed E-state index contributed by atoms with van der Waals surface area (Å²) < 4.78 is 5.09. The molecular weight excluding hydrogens is 254 g/mol. The molecule has 1 aromatic heterocycles. The largest absolute Gasteiger partial charge is 0.481 e. The Hall–Kier alpha value is -0.570. The molecule has 0 spiro atoms. The maximum absolute atomic E-state index is 5.09. The van der Waals surface area contributed by atoms with Gasteiger partial charge < -0.3 is 4.74 Å². The number of hydrogen-bond donors (Lipinski definition) is 0. The van der Waals surface area contributed by atoms with Gasteiger partial charge >= 0.3 is 0 Å². The van der Waals surface area contributed by atoms with Crippen LogP contribution in [0.15, 0.2) is 18.2 Å². The van der Waals surface area contributed by atoms with E-state index in [-0.39, 0.29) is 0 Å². The Labute approximate surface area is 100 Å². The molecule has 0 aliphatic carbocycles. The van der Waals surface area contributed by atoms with Crippen LogP contribution in [-0.4, -0.2) is 16.9 Å². The number of halogens is 1. The Kier molecular flexibility index (Phi) is 5.09. The van der Waals surface area contributed by atoms with Crippen LogP contribution < -0.4 is 4.74 Å². The third-order valence-electron chi connectivity index (χ3n) is 2.15. The van der Waals surface area contributed by atoms with E-state index in [0.29, 0.717) is 16.6 Å². The minimum atomic E-state index is 0.497. The highest BCUT2D eigenvalue weighted by Crippen LogP contribution is 2.18. The summed E-state index contributed by atoms with van der Waals surface area (Å²) in [5.74, 6) is 1.40. The molecule has 0 N–H and O–H groups in total. The Balaban J connectivity index is 2.55. The van der Waals surface area contributed by atoms with Gasteiger partial charge in [0.15, 0.2) is 0 Å². The second-order valence-corrected chi connectivity index (χ2v) is 5.40. The van der Waals surface area contributed by atoms with Crippen molar-refractivity contribution in [1.29, 1.82) is 0 Å². The van der Waals surface area contributed by atoms with Crippen LogP contribution >= 0.6 is 15.9 Å². The van der Waals surface area contributed by atoms with Crippen molar-refractivity contribution in [3.8, 4) is 5.88 Å². The zero-order valence-electron chi connectivity index (χ0n) is 9.53. The van der Waals surface area contributed by atoms with Crippen molar-refractivity contribution in [1.82, 2.24) is 4.98 Å². The highest BCUT2D eigenvalue weighted by atomic mass is 79.9. The molecule has 15 heavy (non-hydrogen) atoms. The summed E-state index contributed by atoms with van der Waals surface area (Å²) in [7, 11) is 1.64. The maximum Gasteiger partial charge on any atom is 0.213 e. The molecule has 0 saturated heterocycles. The number of hydrogen-bond acceptors (Lipinski definition) is 2. The molecule has 1 atom stereocenters. The number of methoxy groups -OCH3 is 1. The molecule has 0 amide bonds. The van der Waals surface area contributed by atoms with E-state index in [1.54, 1.807) is 7.11 Å². The summed E-state index contributed by atoms with van der Waals surface area (Å²) in [5.41, 5.74) is 1.08. The van der Waals surface area contributed by atoms with E-state index in [1.165, 1.54) is 6.42 Å². The Morgan fingerprint density at radius 1 is 1.40 bits per heavy atom. The van der Waals surface area contributed by atoms with Crippen LogP contribution in [0.3, 0.4) is 0 Å². The molecule has 0 saturated carbocycles. The highest BCUT2D eigenvalue weighted by Gasteiger charge is 2.09. The maximum atomic E-state index is 5.09. The zero-order valence-corrected chi connectivity index (χ0v) is 11.1. The molecule has 84 valence electrons. The van der Waals surface area contributed by atoms with E-state index in [2.05, 4.69) is 34.8 Å². The normalized spacial score (nSPS) is 12.9. The lowest BCUT2D eigenvalue weighted by atomic mass is 10.1. The van der Waals surface area contributed by atoms with Gasteiger partial charge in [0.2, 0.25) is 5.88 Å². The summed E-state index contributed by atoms with van der Waals surface area (Å²) in [6, 6.07) is 5.89. The molecule has 0 fully saturated rings. The molecule has 1 rings (SSSR count). The van der Waals surface area contributed by atoms with Crippen molar-refractivity contribution < 1.29 is 4.74 Å². The van der Waals surface area contributed by atoms with Crippen LogP contribution in [0.25, 0.3) is 0 Å². The molecular formula is C12H18BrNO. The second kappa shape index (κ2) is 6.11. The lowest BCUT2D eigenvalue weighted by Gasteiger charge is -2.12. The third kappa shape index (κ3) is 4.65. The second-order valence-electron chi connectivity index (χ2n) is 4.10. The summed E-state index contributed by atoms with van der Waals surface area (Å²) in [6.07, 6.45) is 2.12. The van der Waals surface area contributed by atoms with Gasteiger partial charge in [-0.3, -0.25) is 0 Å². The fourth-order valence-electron chi connectivity index (χ4n) is 1.51. The first-order chi connectivity index (χ1) is 7.11. The van der Waals surface area contributed by atoms with Crippen molar-refractivity contribution in [2.75, 3.05) is 7.11 Å². The summed E-state index contributed by atoms with van der Waals surface area (Å²) in [5, 5.41) is 0. The van der Waals surface area contributed by atoms with Gasteiger partial charge in [-0.1, -0.05) is 35.8 Å². The molecule has 0 radical (unpaired) electrons. The van der Waals surface area contributed by atoms with Crippen molar-refractivity contribution in [2.24, 2.45) is 5.92 Å². The first kappa shape index (κ1) is 12.5. The first-order valence-electron chi connectivity index (χ1n) is 5.25. The van der Waals surface area contributed by atoms with Crippen LogP contribution in [-0.2, 0) is 6.42 Å². The van der Waals surface area contributed by atoms with E-state index in [9.17, 15) is 0 Å². The Morgan fingerprint density at radius 3 is 2.73 bits per heavy atom. The van der Waals surface area contributed by atoms with Gasteiger partial charge in [-0.15, -0.1) is 0 Å². The van der Waals surface area contributed by atoms with Gasteiger partial charge in [0.25, 0.3) is 0 Å². The quantitative estimate of drug-likeness (QED) is 0.766.